The number of ether oxygens (including phenoxy) is 1. The summed E-state index contributed by atoms with van der Waals surface area (Å²) in [4.78, 5) is 5.18. The van der Waals surface area contributed by atoms with Gasteiger partial charge in [-0.15, -0.1) is 11.3 Å². The molecule has 1 aromatic carbocycles. The first-order valence-electron chi connectivity index (χ1n) is 6.17. The van der Waals surface area contributed by atoms with Crippen LogP contribution in [0.1, 0.15) is 24.3 Å². The number of hydrogen-bond acceptors (Lipinski definition) is 4. The molecule has 0 atom stereocenters. The Bertz CT molecular complexity index is 514. The van der Waals surface area contributed by atoms with Gasteiger partial charge >= 0.3 is 0 Å². The molecule has 0 radical (unpaired) electrons. The van der Waals surface area contributed by atoms with E-state index < -0.39 is 0 Å². The van der Waals surface area contributed by atoms with Crippen molar-refractivity contribution in [2.75, 3.05) is 0 Å². The fourth-order valence-corrected chi connectivity index (χ4v) is 2.52. The fraction of sp³-hybridized carbons (Fsp3) is 0.357. The molecule has 102 valence electrons. The first kappa shape index (κ1) is 14.5. The lowest BCUT2D eigenvalue weighted by Crippen LogP contribution is -2.22. The number of thiazole rings is 1. The van der Waals surface area contributed by atoms with Crippen LogP contribution >= 0.6 is 27.3 Å². The molecule has 0 saturated heterocycles. The van der Waals surface area contributed by atoms with Gasteiger partial charge in [-0.3, -0.25) is 4.98 Å². The van der Waals surface area contributed by atoms with E-state index in [0.717, 1.165) is 27.2 Å². The Balaban J connectivity index is 2.05. The summed E-state index contributed by atoms with van der Waals surface area (Å²) in [5, 5.41) is 3.41. The minimum atomic E-state index is 0.452. The summed E-state index contributed by atoms with van der Waals surface area (Å²) >= 11 is 5.11. The third-order valence-electron chi connectivity index (χ3n) is 2.58. The van der Waals surface area contributed by atoms with E-state index in [0.29, 0.717) is 12.6 Å². The van der Waals surface area contributed by atoms with E-state index in [1.807, 2.05) is 23.8 Å². The molecule has 5 heteroatoms. The SMILES string of the molecule is CC(C)NCc1cc(Br)ccc1OCc1cncs1. The highest BCUT2D eigenvalue weighted by Crippen LogP contribution is 2.24. The summed E-state index contributed by atoms with van der Waals surface area (Å²) in [5.74, 6) is 0.921. The van der Waals surface area contributed by atoms with Crippen LogP contribution in [0, 0.1) is 0 Å². The molecule has 0 fully saturated rings. The molecule has 0 aliphatic carbocycles. The predicted octanol–water partition coefficient (Wildman–Crippen LogP) is 3.98. The van der Waals surface area contributed by atoms with Crippen molar-refractivity contribution >= 4 is 27.3 Å². The Kier molecular flexibility index (Phi) is 5.36. The number of benzene rings is 1. The maximum Gasteiger partial charge on any atom is 0.124 e. The summed E-state index contributed by atoms with van der Waals surface area (Å²) in [6.45, 7) is 5.64. The van der Waals surface area contributed by atoms with Crippen LogP contribution in [0.25, 0.3) is 0 Å². The van der Waals surface area contributed by atoms with Crippen LogP contribution in [-0.2, 0) is 13.2 Å². The van der Waals surface area contributed by atoms with Crippen LogP contribution < -0.4 is 10.1 Å². The van der Waals surface area contributed by atoms with Crippen molar-refractivity contribution in [2.45, 2.75) is 33.0 Å². The van der Waals surface area contributed by atoms with Gasteiger partial charge in [0.2, 0.25) is 0 Å². The third kappa shape index (κ3) is 4.60. The molecule has 0 spiro atoms. The largest absolute Gasteiger partial charge is 0.488 e. The molecule has 0 amide bonds. The number of nitrogens with zero attached hydrogens (tertiary/aromatic N) is 1. The first-order chi connectivity index (χ1) is 9.15. The van der Waals surface area contributed by atoms with Gasteiger partial charge in [-0.25, -0.2) is 0 Å². The zero-order valence-electron chi connectivity index (χ0n) is 11.0. The summed E-state index contributed by atoms with van der Waals surface area (Å²) in [6.07, 6.45) is 1.84. The van der Waals surface area contributed by atoms with E-state index in [9.17, 15) is 0 Å². The van der Waals surface area contributed by atoms with Gasteiger partial charge in [-0.2, -0.15) is 0 Å². The van der Waals surface area contributed by atoms with Crippen LogP contribution in [0.15, 0.2) is 34.4 Å². The van der Waals surface area contributed by atoms with E-state index in [4.69, 9.17) is 4.74 Å². The molecule has 1 aromatic heterocycles. The summed E-state index contributed by atoms with van der Waals surface area (Å²) in [5.41, 5.74) is 2.98. The molecular weight excluding hydrogens is 324 g/mol. The Morgan fingerprint density at radius 3 is 2.95 bits per heavy atom. The number of aromatic nitrogens is 1. The van der Waals surface area contributed by atoms with Crippen molar-refractivity contribution in [2.24, 2.45) is 0 Å². The second-order valence-electron chi connectivity index (χ2n) is 4.54. The zero-order valence-corrected chi connectivity index (χ0v) is 13.4. The van der Waals surface area contributed by atoms with Gasteiger partial charge in [0.15, 0.2) is 0 Å². The average Bonchev–Trinajstić information content (AvgIpc) is 2.88. The third-order valence-corrected chi connectivity index (χ3v) is 3.82. The topological polar surface area (TPSA) is 34.1 Å². The highest BCUT2D eigenvalue weighted by atomic mass is 79.9. The van der Waals surface area contributed by atoms with Crippen molar-refractivity contribution in [3.63, 3.8) is 0 Å². The molecule has 0 aliphatic rings. The Morgan fingerprint density at radius 1 is 1.42 bits per heavy atom. The molecule has 0 unspecified atom stereocenters. The lowest BCUT2D eigenvalue weighted by atomic mass is 10.2. The highest BCUT2D eigenvalue weighted by molar-refractivity contribution is 9.10. The summed E-state index contributed by atoms with van der Waals surface area (Å²) in [6, 6.07) is 6.55. The molecule has 3 nitrogen and oxygen atoms in total. The quantitative estimate of drug-likeness (QED) is 0.863. The summed E-state index contributed by atoms with van der Waals surface area (Å²) < 4.78 is 6.95. The van der Waals surface area contributed by atoms with E-state index in [-0.39, 0.29) is 0 Å². The molecule has 0 saturated carbocycles. The normalized spacial score (nSPS) is 10.9. The highest BCUT2D eigenvalue weighted by Gasteiger charge is 2.06. The molecule has 2 rings (SSSR count). The minimum Gasteiger partial charge on any atom is -0.488 e. The van der Waals surface area contributed by atoms with Crippen molar-refractivity contribution < 1.29 is 4.74 Å². The maximum atomic E-state index is 5.88. The monoisotopic (exact) mass is 340 g/mol. The lowest BCUT2D eigenvalue weighted by molar-refractivity contribution is 0.305. The minimum absolute atomic E-state index is 0.452. The van der Waals surface area contributed by atoms with Gasteiger partial charge in [-0.1, -0.05) is 29.8 Å². The smallest absolute Gasteiger partial charge is 0.124 e. The van der Waals surface area contributed by atoms with Gasteiger partial charge in [0, 0.05) is 28.8 Å². The number of halogens is 1. The number of nitrogens with one attached hydrogen (secondary N) is 1. The average molecular weight is 341 g/mol. The first-order valence-corrected chi connectivity index (χ1v) is 7.84. The Morgan fingerprint density at radius 2 is 2.26 bits per heavy atom. The van der Waals surface area contributed by atoms with Gasteiger partial charge in [-0.05, 0) is 18.2 Å². The van der Waals surface area contributed by atoms with Crippen LogP contribution in [0.4, 0.5) is 0 Å². The van der Waals surface area contributed by atoms with Crippen LogP contribution in [0.5, 0.6) is 5.75 Å². The molecule has 1 N–H and O–H groups in total. The molecule has 19 heavy (non-hydrogen) atoms. The van der Waals surface area contributed by atoms with Crippen LogP contribution in [0.2, 0.25) is 0 Å². The van der Waals surface area contributed by atoms with Crippen molar-refractivity contribution in [3.8, 4) is 5.75 Å². The van der Waals surface area contributed by atoms with Gasteiger partial charge in [0.05, 0.1) is 10.4 Å². The molecular formula is C14H17BrN2OS. The van der Waals surface area contributed by atoms with Gasteiger partial charge < -0.3 is 10.1 Å². The summed E-state index contributed by atoms with van der Waals surface area (Å²) in [7, 11) is 0. The molecule has 2 aromatic rings. The van der Waals surface area contributed by atoms with Gasteiger partial charge in [0.1, 0.15) is 12.4 Å². The standard InChI is InChI=1S/C14H17BrN2OS/c1-10(2)17-6-11-5-12(15)3-4-14(11)18-8-13-7-16-9-19-13/h3-5,7,9-10,17H,6,8H2,1-2H3. The van der Waals surface area contributed by atoms with Crippen molar-refractivity contribution in [1.82, 2.24) is 10.3 Å². The van der Waals surface area contributed by atoms with E-state index in [1.54, 1.807) is 11.3 Å². The second-order valence-corrected chi connectivity index (χ2v) is 6.43. The Hall–Kier alpha value is -0.910. The maximum absolute atomic E-state index is 5.88. The number of hydrogen-bond donors (Lipinski definition) is 1. The Labute approximate surface area is 126 Å². The molecule has 0 bridgehead atoms. The van der Waals surface area contributed by atoms with Crippen LogP contribution in [0.3, 0.4) is 0 Å². The predicted molar refractivity (Wildman–Crippen MR) is 82.6 cm³/mol. The fourth-order valence-electron chi connectivity index (χ4n) is 1.60. The van der Waals surface area contributed by atoms with Crippen LogP contribution in [-0.4, -0.2) is 11.0 Å². The van der Waals surface area contributed by atoms with E-state index in [1.165, 1.54) is 0 Å². The zero-order chi connectivity index (χ0) is 13.7. The van der Waals surface area contributed by atoms with Gasteiger partial charge in [0.25, 0.3) is 0 Å². The molecule has 1 heterocycles. The van der Waals surface area contributed by atoms with E-state index in [2.05, 4.69) is 46.1 Å². The van der Waals surface area contributed by atoms with E-state index >= 15 is 0 Å². The lowest BCUT2D eigenvalue weighted by Gasteiger charge is -2.13. The number of rotatable bonds is 6. The van der Waals surface area contributed by atoms with Crippen molar-refractivity contribution in [3.05, 3.63) is 44.8 Å². The van der Waals surface area contributed by atoms with Crippen molar-refractivity contribution in [1.29, 1.82) is 0 Å². The molecule has 0 aliphatic heterocycles. The second kappa shape index (κ2) is 7.03.